The highest BCUT2D eigenvalue weighted by Crippen LogP contribution is 2.37. The van der Waals surface area contributed by atoms with Gasteiger partial charge in [-0.3, -0.25) is 9.69 Å². The largest absolute Gasteiger partial charge is 0.355 e. The second kappa shape index (κ2) is 5.49. The number of halogens is 1. The van der Waals surface area contributed by atoms with Crippen molar-refractivity contribution < 1.29 is 13.2 Å². The second-order valence-electron chi connectivity index (χ2n) is 6.25. The Bertz CT molecular complexity index is 722. The molecule has 0 aromatic heterocycles. The molecule has 1 atom stereocenters. The summed E-state index contributed by atoms with van der Waals surface area (Å²) in [4.78, 5) is 13.7. The van der Waals surface area contributed by atoms with Gasteiger partial charge in [-0.1, -0.05) is 11.6 Å². The average molecular weight is 344 g/mol. The molecular weight excluding hydrogens is 326 g/mol. The molecule has 1 aromatic rings. The first-order valence-corrected chi connectivity index (χ1v) is 9.00. The number of carbonyl (C=O) groups excluding carboxylic acids is 1. The van der Waals surface area contributed by atoms with Crippen molar-refractivity contribution in [2.75, 3.05) is 19.6 Å². The number of carbonyl (C=O) groups is 1. The number of nitrogens with two attached hydrogens (primary N) is 1. The molecule has 6 nitrogen and oxygen atoms in total. The van der Waals surface area contributed by atoms with Crippen molar-refractivity contribution in [3.05, 3.63) is 28.8 Å². The highest BCUT2D eigenvalue weighted by Gasteiger charge is 2.43. The van der Waals surface area contributed by atoms with Gasteiger partial charge in [0.1, 0.15) is 0 Å². The van der Waals surface area contributed by atoms with Crippen molar-refractivity contribution in [3.8, 4) is 0 Å². The number of amides is 1. The zero-order valence-corrected chi connectivity index (χ0v) is 13.6. The Balaban J connectivity index is 1.75. The van der Waals surface area contributed by atoms with Crippen LogP contribution in [0.1, 0.15) is 18.4 Å². The smallest absolute Gasteiger partial charge is 0.238 e. The zero-order valence-electron chi connectivity index (χ0n) is 12.0. The predicted octanol–water partition coefficient (Wildman–Crippen LogP) is 0.699. The number of nitrogens with zero attached hydrogens (tertiary/aromatic N) is 1. The standard InChI is InChI=1S/C14H18ClN3O3S/c15-11-3-10(4-12(5-11)22(16,20)21)7-18-2-1-14(9-18)6-13(19)17-8-14/h3-5H,1-2,6-9H2,(H,17,19)(H2,16,20,21). The zero-order chi connectivity index (χ0) is 16.0. The molecule has 3 rings (SSSR count). The van der Waals surface area contributed by atoms with Gasteiger partial charge in [0.25, 0.3) is 0 Å². The minimum atomic E-state index is -3.77. The van der Waals surface area contributed by atoms with E-state index in [2.05, 4.69) is 10.2 Å². The van der Waals surface area contributed by atoms with Gasteiger partial charge in [0.05, 0.1) is 4.90 Å². The van der Waals surface area contributed by atoms with Gasteiger partial charge in [-0.15, -0.1) is 0 Å². The fourth-order valence-electron chi connectivity index (χ4n) is 3.34. The van der Waals surface area contributed by atoms with Crippen molar-refractivity contribution in [1.82, 2.24) is 10.2 Å². The van der Waals surface area contributed by atoms with Crippen LogP contribution in [0, 0.1) is 5.41 Å². The lowest BCUT2D eigenvalue weighted by Crippen LogP contribution is -2.29. The van der Waals surface area contributed by atoms with Crippen LogP contribution in [0.5, 0.6) is 0 Å². The highest BCUT2D eigenvalue weighted by molar-refractivity contribution is 7.89. The lowest BCUT2D eigenvalue weighted by molar-refractivity contribution is -0.119. The van der Waals surface area contributed by atoms with Crippen molar-refractivity contribution in [3.63, 3.8) is 0 Å². The molecule has 0 bridgehead atoms. The Morgan fingerprint density at radius 3 is 2.77 bits per heavy atom. The van der Waals surface area contributed by atoms with Gasteiger partial charge < -0.3 is 5.32 Å². The van der Waals surface area contributed by atoms with Crippen molar-refractivity contribution in [2.45, 2.75) is 24.3 Å². The Morgan fingerprint density at radius 1 is 1.36 bits per heavy atom. The van der Waals surface area contributed by atoms with Crippen LogP contribution in [-0.2, 0) is 21.4 Å². The quantitative estimate of drug-likeness (QED) is 0.845. The Labute approximate surface area is 134 Å². The number of likely N-dealkylation sites (tertiary alicyclic amines) is 1. The number of sulfonamides is 1. The van der Waals surface area contributed by atoms with Crippen LogP contribution in [0.15, 0.2) is 23.1 Å². The second-order valence-corrected chi connectivity index (χ2v) is 8.25. The molecule has 0 aliphatic carbocycles. The van der Waals surface area contributed by atoms with Gasteiger partial charge in [0.2, 0.25) is 15.9 Å². The van der Waals surface area contributed by atoms with Crippen molar-refractivity contribution in [1.29, 1.82) is 0 Å². The SMILES string of the molecule is NS(=O)(=O)c1cc(Cl)cc(CN2CCC3(CNC(=O)C3)C2)c1. The number of primary sulfonamides is 1. The van der Waals surface area contributed by atoms with Crippen LogP contribution in [0.3, 0.4) is 0 Å². The molecule has 2 fully saturated rings. The van der Waals surface area contributed by atoms with Gasteiger partial charge in [-0.25, -0.2) is 13.6 Å². The van der Waals surface area contributed by atoms with E-state index in [0.29, 0.717) is 18.0 Å². The molecule has 2 aliphatic rings. The number of hydrogen-bond acceptors (Lipinski definition) is 4. The molecule has 1 unspecified atom stereocenters. The summed E-state index contributed by atoms with van der Waals surface area (Å²) in [6.07, 6.45) is 1.54. The van der Waals surface area contributed by atoms with Gasteiger partial charge in [0, 0.05) is 36.5 Å². The summed E-state index contributed by atoms with van der Waals surface area (Å²) >= 11 is 5.99. The normalized spacial score (nSPS) is 25.8. The van der Waals surface area contributed by atoms with Gasteiger partial charge in [-0.05, 0) is 36.7 Å². The van der Waals surface area contributed by atoms with Crippen LogP contribution in [0.25, 0.3) is 0 Å². The fourth-order valence-corrected chi connectivity index (χ4v) is 4.27. The van der Waals surface area contributed by atoms with Crippen LogP contribution in [0.2, 0.25) is 5.02 Å². The van der Waals surface area contributed by atoms with Gasteiger partial charge in [-0.2, -0.15) is 0 Å². The Kier molecular flexibility index (Phi) is 3.92. The van der Waals surface area contributed by atoms with Crippen LogP contribution in [-0.4, -0.2) is 38.9 Å². The van der Waals surface area contributed by atoms with E-state index in [1.165, 1.54) is 6.07 Å². The maximum absolute atomic E-state index is 11.5. The van der Waals surface area contributed by atoms with Crippen LogP contribution >= 0.6 is 11.6 Å². The van der Waals surface area contributed by atoms with Crippen LogP contribution < -0.4 is 10.5 Å². The molecule has 120 valence electrons. The third-order valence-corrected chi connectivity index (χ3v) is 5.49. The van der Waals surface area contributed by atoms with Gasteiger partial charge >= 0.3 is 0 Å². The lowest BCUT2D eigenvalue weighted by Gasteiger charge is -2.22. The molecule has 1 spiro atoms. The number of rotatable bonds is 3. The number of benzene rings is 1. The van der Waals surface area contributed by atoms with E-state index in [4.69, 9.17) is 16.7 Å². The predicted molar refractivity (Wildman–Crippen MR) is 82.8 cm³/mol. The van der Waals surface area contributed by atoms with E-state index >= 15 is 0 Å². The van der Waals surface area contributed by atoms with E-state index in [9.17, 15) is 13.2 Å². The summed E-state index contributed by atoms with van der Waals surface area (Å²) in [6.45, 7) is 3.02. The summed E-state index contributed by atoms with van der Waals surface area (Å²) < 4.78 is 22.9. The molecule has 1 aromatic carbocycles. The maximum atomic E-state index is 11.5. The van der Waals surface area contributed by atoms with Gasteiger partial charge in [0.15, 0.2) is 0 Å². The molecule has 1 amide bonds. The molecule has 2 saturated heterocycles. The average Bonchev–Trinajstić information content (AvgIpc) is 2.95. The first-order valence-electron chi connectivity index (χ1n) is 7.07. The molecule has 3 N–H and O–H groups in total. The lowest BCUT2D eigenvalue weighted by atomic mass is 9.86. The minimum absolute atomic E-state index is 0.0262. The monoisotopic (exact) mass is 343 g/mol. The topological polar surface area (TPSA) is 92.5 Å². The van der Waals surface area contributed by atoms with Crippen molar-refractivity contribution in [2.24, 2.45) is 10.6 Å². The summed E-state index contributed by atoms with van der Waals surface area (Å²) in [6, 6.07) is 4.66. The molecule has 2 aliphatic heterocycles. The number of hydrogen-bond donors (Lipinski definition) is 2. The molecule has 22 heavy (non-hydrogen) atoms. The first-order chi connectivity index (χ1) is 10.3. The summed E-state index contributed by atoms with van der Waals surface area (Å²) in [5, 5.41) is 8.41. The molecule has 8 heteroatoms. The molecule has 0 saturated carbocycles. The molecule has 0 radical (unpaired) electrons. The van der Waals surface area contributed by atoms with Crippen LogP contribution in [0.4, 0.5) is 0 Å². The minimum Gasteiger partial charge on any atom is -0.355 e. The third kappa shape index (κ3) is 3.27. The summed E-state index contributed by atoms with van der Waals surface area (Å²) in [5.41, 5.74) is 0.837. The number of nitrogens with one attached hydrogen (secondary N) is 1. The van der Waals surface area contributed by atoms with E-state index in [-0.39, 0.29) is 16.2 Å². The highest BCUT2D eigenvalue weighted by atomic mass is 35.5. The third-order valence-electron chi connectivity index (χ3n) is 4.38. The summed E-state index contributed by atoms with van der Waals surface area (Å²) in [7, 11) is -3.77. The summed E-state index contributed by atoms with van der Waals surface area (Å²) in [5.74, 6) is 0.112. The fraction of sp³-hybridized carbons (Fsp3) is 0.500. The van der Waals surface area contributed by atoms with E-state index < -0.39 is 10.0 Å². The van der Waals surface area contributed by atoms with E-state index in [1.807, 2.05) is 0 Å². The van der Waals surface area contributed by atoms with E-state index in [1.54, 1.807) is 12.1 Å². The Morgan fingerprint density at radius 2 is 2.14 bits per heavy atom. The maximum Gasteiger partial charge on any atom is 0.238 e. The van der Waals surface area contributed by atoms with E-state index in [0.717, 1.165) is 31.6 Å². The van der Waals surface area contributed by atoms with Crippen molar-refractivity contribution >= 4 is 27.5 Å². The molecule has 2 heterocycles. The molecular formula is C14H18ClN3O3S. The first kappa shape index (κ1) is 15.7. The Hall–Kier alpha value is -1.15.